The Balaban J connectivity index is 2.28. The van der Waals surface area contributed by atoms with Crippen molar-refractivity contribution in [3.8, 4) is 0 Å². The quantitative estimate of drug-likeness (QED) is 0.408. The van der Waals surface area contributed by atoms with Crippen LogP contribution in [0.2, 0.25) is 0 Å². The number of hydrogen-bond donors (Lipinski definition) is 1. The highest BCUT2D eigenvalue weighted by Gasteiger charge is 1.92. The summed E-state index contributed by atoms with van der Waals surface area (Å²) < 4.78 is 0. The molecule has 0 fully saturated rings. The lowest BCUT2D eigenvalue weighted by molar-refractivity contribution is 0.748. The van der Waals surface area contributed by atoms with E-state index >= 15 is 0 Å². The van der Waals surface area contributed by atoms with Gasteiger partial charge in [0.1, 0.15) is 0 Å². The van der Waals surface area contributed by atoms with Crippen LogP contribution in [0.5, 0.6) is 0 Å². The van der Waals surface area contributed by atoms with Crippen molar-refractivity contribution in [3.05, 3.63) is 42.5 Å². The molecule has 0 radical (unpaired) electrons. The summed E-state index contributed by atoms with van der Waals surface area (Å²) in [6.45, 7) is 3.71. The van der Waals surface area contributed by atoms with Crippen LogP contribution in [-0.4, -0.2) is 0 Å². The summed E-state index contributed by atoms with van der Waals surface area (Å²) in [6, 6.07) is 8.39. The maximum Gasteiger partial charge on any atom is 0.00401 e. The van der Waals surface area contributed by atoms with E-state index in [4.69, 9.17) is 0 Å². The standard InChI is InChI=1S/C12H16S/c1-2-3-4-5-6-11-7-9-12(13)10-8-11/h2,7-10,13H,1,3-6H2. The van der Waals surface area contributed by atoms with Crippen LogP contribution >= 0.6 is 12.6 Å². The van der Waals surface area contributed by atoms with E-state index in [0.717, 1.165) is 11.3 Å². The second-order valence-corrected chi connectivity index (χ2v) is 3.72. The Morgan fingerprint density at radius 1 is 1.15 bits per heavy atom. The van der Waals surface area contributed by atoms with Crippen molar-refractivity contribution in [2.24, 2.45) is 0 Å². The summed E-state index contributed by atoms with van der Waals surface area (Å²) in [5.74, 6) is 0. The number of hydrogen-bond acceptors (Lipinski definition) is 1. The lowest BCUT2D eigenvalue weighted by atomic mass is 10.1. The molecule has 1 aromatic rings. The molecule has 70 valence electrons. The number of benzene rings is 1. The van der Waals surface area contributed by atoms with Crippen molar-refractivity contribution >= 4 is 12.6 Å². The highest BCUT2D eigenvalue weighted by atomic mass is 32.1. The van der Waals surface area contributed by atoms with Crippen LogP contribution in [0.25, 0.3) is 0 Å². The van der Waals surface area contributed by atoms with E-state index in [2.05, 4.69) is 31.3 Å². The van der Waals surface area contributed by atoms with E-state index in [1.807, 2.05) is 18.2 Å². The van der Waals surface area contributed by atoms with Gasteiger partial charge in [-0.3, -0.25) is 0 Å². The molecule has 0 spiro atoms. The zero-order chi connectivity index (χ0) is 9.52. The molecule has 13 heavy (non-hydrogen) atoms. The third-order valence-corrected chi connectivity index (χ3v) is 2.36. The lowest BCUT2D eigenvalue weighted by Gasteiger charge is -2.00. The zero-order valence-electron chi connectivity index (χ0n) is 7.87. The summed E-state index contributed by atoms with van der Waals surface area (Å²) in [5.41, 5.74) is 1.40. The molecule has 0 saturated carbocycles. The van der Waals surface area contributed by atoms with Gasteiger partial charge in [-0.05, 0) is 43.4 Å². The Bertz CT molecular complexity index is 248. The number of unbranched alkanes of at least 4 members (excludes halogenated alkanes) is 2. The fourth-order valence-corrected chi connectivity index (χ4v) is 1.43. The Kier molecular flexibility index (Phi) is 4.69. The van der Waals surface area contributed by atoms with Crippen LogP contribution in [0.15, 0.2) is 41.8 Å². The summed E-state index contributed by atoms with van der Waals surface area (Å²) in [7, 11) is 0. The molecule has 0 N–H and O–H groups in total. The third kappa shape index (κ3) is 4.18. The van der Waals surface area contributed by atoms with Crippen molar-refractivity contribution in [1.29, 1.82) is 0 Å². The van der Waals surface area contributed by atoms with Gasteiger partial charge in [-0.1, -0.05) is 18.2 Å². The first-order chi connectivity index (χ1) is 6.33. The summed E-state index contributed by atoms with van der Waals surface area (Å²) in [5, 5.41) is 0. The van der Waals surface area contributed by atoms with E-state index in [9.17, 15) is 0 Å². The van der Waals surface area contributed by atoms with Crippen molar-refractivity contribution in [2.75, 3.05) is 0 Å². The first-order valence-corrected chi connectivity index (χ1v) is 5.16. The van der Waals surface area contributed by atoms with E-state index in [1.165, 1.54) is 24.8 Å². The molecule has 0 heterocycles. The normalized spacial score (nSPS) is 9.92. The average Bonchev–Trinajstić information content (AvgIpc) is 2.15. The minimum Gasteiger partial charge on any atom is -0.143 e. The number of thiol groups is 1. The maximum atomic E-state index is 4.24. The van der Waals surface area contributed by atoms with Crippen LogP contribution in [0.4, 0.5) is 0 Å². The molecule has 0 atom stereocenters. The topological polar surface area (TPSA) is 0 Å². The Morgan fingerprint density at radius 2 is 1.85 bits per heavy atom. The molecule has 0 unspecified atom stereocenters. The van der Waals surface area contributed by atoms with Crippen LogP contribution in [0, 0.1) is 0 Å². The molecular formula is C12H16S. The first-order valence-electron chi connectivity index (χ1n) is 4.72. The molecule has 0 aliphatic heterocycles. The van der Waals surface area contributed by atoms with Gasteiger partial charge in [0.15, 0.2) is 0 Å². The van der Waals surface area contributed by atoms with Crippen LogP contribution < -0.4 is 0 Å². The molecule has 0 aromatic heterocycles. The van der Waals surface area contributed by atoms with Gasteiger partial charge in [-0.2, -0.15) is 0 Å². The van der Waals surface area contributed by atoms with Gasteiger partial charge < -0.3 is 0 Å². The lowest BCUT2D eigenvalue weighted by Crippen LogP contribution is -1.84. The maximum absolute atomic E-state index is 4.24. The average molecular weight is 192 g/mol. The van der Waals surface area contributed by atoms with Gasteiger partial charge in [0, 0.05) is 4.90 Å². The Labute approximate surface area is 86.1 Å². The van der Waals surface area contributed by atoms with Gasteiger partial charge in [0.2, 0.25) is 0 Å². The fraction of sp³-hybridized carbons (Fsp3) is 0.333. The molecule has 0 nitrogen and oxygen atoms in total. The minimum atomic E-state index is 1.04. The predicted octanol–water partition coefficient (Wildman–Crippen LogP) is 3.87. The molecule has 1 aromatic carbocycles. The third-order valence-electron chi connectivity index (χ3n) is 2.06. The number of rotatable bonds is 5. The minimum absolute atomic E-state index is 1.04. The van der Waals surface area contributed by atoms with E-state index in [-0.39, 0.29) is 0 Å². The summed E-state index contributed by atoms with van der Waals surface area (Å²) >= 11 is 4.24. The second kappa shape index (κ2) is 5.87. The Morgan fingerprint density at radius 3 is 2.46 bits per heavy atom. The van der Waals surface area contributed by atoms with Crippen LogP contribution in [0.1, 0.15) is 24.8 Å². The summed E-state index contributed by atoms with van der Waals surface area (Å²) in [6.07, 6.45) is 6.77. The van der Waals surface area contributed by atoms with E-state index in [0.29, 0.717) is 0 Å². The number of aryl methyl sites for hydroxylation is 1. The van der Waals surface area contributed by atoms with Gasteiger partial charge in [0.25, 0.3) is 0 Å². The highest BCUT2D eigenvalue weighted by Crippen LogP contribution is 2.10. The predicted molar refractivity (Wildman–Crippen MR) is 61.4 cm³/mol. The highest BCUT2D eigenvalue weighted by molar-refractivity contribution is 7.80. The molecule has 0 amide bonds. The number of allylic oxidation sites excluding steroid dienone is 1. The Hall–Kier alpha value is -0.690. The van der Waals surface area contributed by atoms with Crippen molar-refractivity contribution in [1.82, 2.24) is 0 Å². The van der Waals surface area contributed by atoms with Gasteiger partial charge in [-0.25, -0.2) is 0 Å². The van der Waals surface area contributed by atoms with E-state index < -0.39 is 0 Å². The van der Waals surface area contributed by atoms with Crippen LogP contribution in [-0.2, 0) is 6.42 Å². The molecule has 0 aliphatic rings. The SMILES string of the molecule is C=CCCCCc1ccc(S)cc1. The molecule has 1 rings (SSSR count). The smallest absolute Gasteiger partial charge is 0.00401 e. The molecular weight excluding hydrogens is 176 g/mol. The van der Waals surface area contributed by atoms with Gasteiger partial charge in [-0.15, -0.1) is 19.2 Å². The largest absolute Gasteiger partial charge is 0.143 e. The second-order valence-electron chi connectivity index (χ2n) is 3.20. The molecule has 0 saturated heterocycles. The first kappa shape index (κ1) is 10.4. The van der Waals surface area contributed by atoms with Gasteiger partial charge in [0.05, 0.1) is 0 Å². The van der Waals surface area contributed by atoms with Crippen molar-refractivity contribution in [2.45, 2.75) is 30.6 Å². The molecule has 0 bridgehead atoms. The van der Waals surface area contributed by atoms with E-state index in [1.54, 1.807) is 0 Å². The zero-order valence-corrected chi connectivity index (χ0v) is 8.76. The fourth-order valence-electron chi connectivity index (χ4n) is 1.28. The van der Waals surface area contributed by atoms with Crippen molar-refractivity contribution in [3.63, 3.8) is 0 Å². The van der Waals surface area contributed by atoms with Crippen LogP contribution in [0.3, 0.4) is 0 Å². The monoisotopic (exact) mass is 192 g/mol. The molecule has 1 heteroatoms. The van der Waals surface area contributed by atoms with Crippen molar-refractivity contribution < 1.29 is 0 Å². The molecule has 0 aliphatic carbocycles. The van der Waals surface area contributed by atoms with Gasteiger partial charge >= 0.3 is 0 Å². The summed E-state index contributed by atoms with van der Waals surface area (Å²) in [4.78, 5) is 1.04.